The molecule has 1 amide bonds. The van der Waals surface area contributed by atoms with Crippen molar-refractivity contribution in [1.82, 2.24) is 15.3 Å². The molecule has 0 aliphatic rings. The van der Waals surface area contributed by atoms with Crippen molar-refractivity contribution in [2.24, 2.45) is 0 Å². The van der Waals surface area contributed by atoms with Gasteiger partial charge in [-0.2, -0.15) is 0 Å². The third-order valence-electron chi connectivity index (χ3n) is 3.87. The molecule has 136 valence electrons. The quantitative estimate of drug-likeness (QED) is 0.653. The lowest BCUT2D eigenvalue weighted by Crippen LogP contribution is -2.23. The summed E-state index contributed by atoms with van der Waals surface area (Å²) in [6.45, 7) is 0.487. The largest absolute Gasteiger partial charge is 0.445 e. The van der Waals surface area contributed by atoms with Crippen molar-refractivity contribution in [3.8, 4) is 0 Å². The van der Waals surface area contributed by atoms with Gasteiger partial charge in [0, 0.05) is 42.0 Å². The van der Waals surface area contributed by atoms with Gasteiger partial charge in [-0.05, 0) is 23.8 Å². The summed E-state index contributed by atoms with van der Waals surface area (Å²) in [4.78, 5) is 32.2. The molecular weight excluding hydrogens is 342 g/mol. The maximum Gasteiger partial charge on any atom is 0.407 e. The Morgan fingerprint density at radius 2 is 1.78 bits per heavy atom. The Morgan fingerprint density at radius 1 is 0.926 bits per heavy atom. The van der Waals surface area contributed by atoms with Crippen molar-refractivity contribution < 1.29 is 14.3 Å². The second-order valence-corrected chi connectivity index (χ2v) is 5.91. The summed E-state index contributed by atoms with van der Waals surface area (Å²) in [5.41, 5.74) is 3.05. The van der Waals surface area contributed by atoms with E-state index in [0.717, 1.165) is 16.8 Å². The molecule has 6 nitrogen and oxygen atoms in total. The molecule has 0 saturated heterocycles. The number of nitrogens with one attached hydrogen (secondary N) is 1. The van der Waals surface area contributed by atoms with Crippen molar-refractivity contribution in [1.29, 1.82) is 0 Å². The number of pyridine rings is 2. The number of carbonyl (C=O) groups excluding carboxylic acids is 2. The molecule has 2 aromatic heterocycles. The maximum atomic E-state index is 12.3. The average Bonchev–Trinajstić information content (AvgIpc) is 2.72. The monoisotopic (exact) mass is 361 g/mol. The van der Waals surface area contributed by atoms with Crippen LogP contribution in [0.25, 0.3) is 0 Å². The van der Waals surface area contributed by atoms with Gasteiger partial charge >= 0.3 is 6.09 Å². The summed E-state index contributed by atoms with van der Waals surface area (Å²) in [5.74, 6) is 0.00379. The van der Waals surface area contributed by atoms with Crippen LogP contribution in [0.2, 0.25) is 0 Å². The van der Waals surface area contributed by atoms with Gasteiger partial charge in [0.05, 0.1) is 6.42 Å². The standard InChI is InChI=1S/C21H19N3O3/c25-20(12-19-5-1-2-11-23-19)18-8-6-16(7-9-18)14-24-21(26)27-15-17-4-3-10-22-13-17/h1-11,13H,12,14-15H2,(H,24,26). The van der Waals surface area contributed by atoms with E-state index in [1.165, 1.54) is 0 Å². The van der Waals surface area contributed by atoms with E-state index in [2.05, 4.69) is 15.3 Å². The first kappa shape index (κ1) is 18.3. The predicted octanol–water partition coefficient (Wildman–Crippen LogP) is 3.33. The van der Waals surface area contributed by atoms with Crippen molar-refractivity contribution >= 4 is 11.9 Å². The molecular formula is C21H19N3O3. The first-order valence-corrected chi connectivity index (χ1v) is 8.52. The van der Waals surface area contributed by atoms with Crippen LogP contribution in [0.5, 0.6) is 0 Å². The number of hydrogen-bond donors (Lipinski definition) is 1. The summed E-state index contributed by atoms with van der Waals surface area (Å²) < 4.78 is 5.13. The zero-order valence-electron chi connectivity index (χ0n) is 14.7. The molecule has 0 spiro atoms. The fourth-order valence-corrected chi connectivity index (χ4v) is 2.44. The fourth-order valence-electron chi connectivity index (χ4n) is 2.44. The average molecular weight is 361 g/mol. The molecule has 0 radical (unpaired) electrons. The number of alkyl carbamates (subject to hydrolysis) is 1. The number of Topliss-reactive ketones (excluding diaryl/α,β-unsaturated/α-hetero) is 1. The highest BCUT2D eigenvalue weighted by molar-refractivity contribution is 5.97. The highest BCUT2D eigenvalue weighted by Crippen LogP contribution is 2.08. The molecule has 0 saturated carbocycles. The third-order valence-corrected chi connectivity index (χ3v) is 3.87. The van der Waals surface area contributed by atoms with Crippen LogP contribution in [0.4, 0.5) is 4.79 Å². The van der Waals surface area contributed by atoms with E-state index in [1.807, 2.05) is 36.4 Å². The molecule has 2 heterocycles. The second-order valence-electron chi connectivity index (χ2n) is 5.91. The van der Waals surface area contributed by atoms with Gasteiger partial charge in [-0.15, -0.1) is 0 Å². The van der Waals surface area contributed by atoms with Crippen LogP contribution >= 0.6 is 0 Å². The molecule has 0 bridgehead atoms. The second kappa shape index (κ2) is 9.24. The third kappa shape index (κ3) is 5.74. The number of carbonyl (C=O) groups is 2. The molecule has 0 atom stereocenters. The van der Waals surface area contributed by atoms with Crippen molar-refractivity contribution in [3.05, 3.63) is 95.6 Å². The number of rotatable bonds is 7. The highest BCUT2D eigenvalue weighted by Gasteiger charge is 2.08. The normalized spacial score (nSPS) is 10.2. The Labute approximate surface area is 157 Å². The Kier molecular flexibility index (Phi) is 6.25. The molecule has 27 heavy (non-hydrogen) atoms. The van der Waals surface area contributed by atoms with Crippen molar-refractivity contribution in [2.45, 2.75) is 19.6 Å². The summed E-state index contributed by atoms with van der Waals surface area (Å²) >= 11 is 0. The van der Waals surface area contributed by atoms with Gasteiger partial charge in [0.15, 0.2) is 5.78 Å². The molecule has 0 aliphatic carbocycles. The van der Waals surface area contributed by atoms with Crippen LogP contribution in [0.15, 0.2) is 73.2 Å². The molecule has 1 aromatic carbocycles. The predicted molar refractivity (Wildman–Crippen MR) is 100.0 cm³/mol. The van der Waals surface area contributed by atoms with E-state index in [-0.39, 0.29) is 18.8 Å². The Hall–Kier alpha value is -3.54. The molecule has 1 N–H and O–H groups in total. The minimum Gasteiger partial charge on any atom is -0.445 e. The first-order valence-electron chi connectivity index (χ1n) is 8.52. The van der Waals surface area contributed by atoms with E-state index < -0.39 is 6.09 Å². The van der Waals surface area contributed by atoms with Crippen LogP contribution in [-0.2, 0) is 24.3 Å². The minimum atomic E-state index is -0.505. The van der Waals surface area contributed by atoms with Gasteiger partial charge in [0.2, 0.25) is 0 Å². The van der Waals surface area contributed by atoms with Crippen LogP contribution in [-0.4, -0.2) is 21.8 Å². The van der Waals surface area contributed by atoms with Crippen LogP contribution < -0.4 is 5.32 Å². The number of ether oxygens (including phenoxy) is 1. The van der Waals surface area contributed by atoms with E-state index in [0.29, 0.717) is 12.1 Å². The molecule has 0 fully saturated rings. The van der Waals surface area contributed by atoms with Gasteiger partial charge in [0.25, 0.3) is 0 Å². The number of ketones is 1. The van der Waals surface area contributed by atoms with Gasteiger partial charge in [-0.3, -0.25) is 14.8 Å². The van der Waals surface area contributed by atoms with Gasteiger partial charge in [-0.1, -0.05) is 36.4 Å². The maximum absolute atomic E-state index is 12.3. The van der Waals surface area contributed by atoms with Crippen LogP contribution in [0.3, 0.4) is 0 Å². The lowest BCUT2D eigenvalue weighted by molar-refractivity contribution is 0.0991. The molecule has 0 unspecified atom stereocenters. The van der Waals surface area contributed by atoms with E-state index >= 15 is 0 Å². The van der Waals surface area contributed by atoms with Crippen LogP contribution in [0, 0.1) is 0 Å². The SMILES string of the molecule is O=C(NCc1ccc(C(=O)Cc2ccccn2)cc1)OCc1cccnc1. The number of benzene rings is 1. The summed E-state index contributed by atoms with van der Waals surface area (Å²) in [6.07, 6.45) is 4.74. The number of hydrogen-bond acceptors (Lipinski definition) is 5. The molecule has 6 heteroatoms. The molecule has 3 aromatic rings. The zero-order chi connectivity index (χ0) is 18.9. The molecule has 3 rings (SSSR count). The molecule has 0 aliphatic heterocycles. The number of nitrogens with zero attached hydrogens (tertiary/aromatic N) is 2. The van der Waals surface area contributed by atoms with Gasteiger partial charge in [-0.25, -0.2) is 4.79 Å². The Bertz CT molecular complexity index is 882. The van der Waals surface area contributed by atoms with E-state index in [1.54, 1.807) is 36.8 Å². The topological polar surface area (TPSA) is 81.2 Å². The Morgan fingerprint density at radius 3 is 2.48 bits per heavy atom. The summed E-state index contributed by atoms with van der Waals surface area (Å²) in [6, 6.07) is 16.3. The van der Waals surface area contributed by atoms with Gasteiger partial charge < -0.3 is 10.1 Å². The lowest BCUT2D eigenvalue weighted by atomic mass is 10.0. The van der Waals surface area contributed by atoms with Crippen molar-refractivity contribution in [3.63, 3.8) is 0 Å². The van der Waals surface area contributed by atoms with Gasteiger partial charge in [0.1, 0.15) is 6.61 Å². The van der Waals surface area contributed by atoms with Crippen LogP contribution in [0.1, 0.15) is 27.2 Å². The lowest BCUT2D eigenvalue weighted by Gasteiger charge is -2.08. The van der Waals surface area contributed by atoms with E-state index in [9.17, 15) is 9.59 Å². The number of amides is 1. The Balaban J connectivity index is 1.46. The van der Waals surface area contributed by atoms with Crippen molar-refractivity contribution in [2.75, 3.05) is 0 Å². The number of aromatic nitrogens is 2. The summed E-state index contributed by atoms with van der Waals surface area (Å²) in [5, 5.41) is 2.68. The minimum absolute atomic E-state index is 0.00379. The fraction of sp³-hybridized carbons (Fsp3) is 0.143. The highest BCUT2D eigenvalue weighted by atomic mass is 16.5. The van der Waals surface area contributed by atoms with E-state index in [4.69, 9.17) is 4.74 Å². The smallest absolute Gasteiger partial charge is 0.407 e. The summed E-state index contributed by atoms with van der Waals surface area (Å²) in [7, 11) is 0. The first-order chi connectivity index (χ1) is 13.2. The zero-order valence-corrected chi connectivity index (χ0v) is 14.7.